The predicted molar refractivity (Wildman–Crippen MR) is 91.1 cm³/mol. The quantitative estimate of drug-likeness (QED) is 0.733. The van der Waals surface area contributed by atoms with E-state index in [1.165, 1.54) is 40.4 Å². The second-order valence-corrected chi connectivity index (χ2v) is 7.66. The van der Waals surface area contributed by atoms with Crippen LogP contribution in [0, 0.1) is 0 Å². The van der Waals surface area contributed by atoms with Gasteiger partial charge in [0.15, 0.2) is 0 Å². The lowest BCUT2D eigenvalue weighted by atomic mass is 10.1. The molecule has 1 fully saturated rings. The fourth-order valence-corrected chi connectivity index (χ4v) is 3.96. The average Bonchev–Trinajstić information content (AvgIpc) is 2.88. The number of carbonyl (C=O) groups excluding carboxylic acids is 2. The highest BCUT2D eigenvalue weighted by atomic mass is 32.2. The third kappa shape index (κ3) is 3.45. The van der Waals surface area contributed by atoms with Gasteiger partial charge in [-0.05, 0) is 17.7 Å². The van der Waals surface area contributed by atoms with Crippen LogP contribution in [-0.2, 0) is 21.4 Å². The number of hydrogen-bond acceptors (Lipinski definition) is 4. The topological polar surface area (TPSA) is 95.6 Å². The van der Waals surface area contributed by atoms with Crippen LogP contribution in [-0.4, -0.2) is 37.1 Å². The lowest BCUT2D eigenvalue weighted by molar-refractivity contribution is -0.198. The second kappa shape index (κ2) is 6.91. The largest absolute Gasteiger partial charge is 0.435 e. The van der Waals surface area contributed by atoms with Crippen molar-refractivity contribution in [2.24, 2.45) is 0 Å². The standard InChI is InChI=1S/C17H14F3N3O4S/c18-17(19,20)16(22-28(26,27)13-9-5-2-6-10-13)14(24)23(15(25)21-16)11-12-7-3-1-4-8-12/h1-10,22H,11H2,(H,21,25). The van der Waals surface area contributed by atoms with Gasteiger partial charge in [-0.15, -0.1) is 0 Å². The molecule has 3 amide bonds. The molecule has 1 aliphatic rings. The van der Waals surface area contributed by atoms with E-state index < -0.39 is 45.2 Å². The van der Waals surface area contributed by atoms with Crippen molar-refractivity contribution in [1.29, 1.82) is 0 Å². The number of nitrogens with zero attached hydrogens (tertiary/aromatic N) is 1. The minimum atomic E-state index is -5.42. The van der Waals surface area contributed by atoms with Crippen molar-refractivity contribution in [3.63, 3.8) is 0 Å². The van der Waals surface area contributed by atoms with Gasteiger partial charge >= 0.3 is 12.2 Å². The monoisotopic (exact) mass is 413 g/mol. The summed E-state index contributed by atoms with van der Waals surface area (Å²) in [6, 6.07) is 12.7. The van der Waals surface area contributed by atoms with Crippen LogP contribution in [0.25, 0.3) is 0 Å². The molecular formula is C17H14F3N3O4S. The molecule has 0 aromatic heterocycles. The lowest BCUT2D eigenvalue weighted by Crippen LogP contribution is -2.69. The average molecular weight is 413 g/mol. The van der Waals surface area contributed by atoms with E-state index in [9.17, 15) is 31.2 Å². The zero-order valence-corrected chi connectivity index (χ0v) is 14.9. The Morgan fingerprint density at radius 2 is 1.50 bits per heavy atom. The van der Waals surface area contributed by atoms with Gasteiger partial charge in [0, 0.05) is 0 Å². The first kappa shape index (κ1) is 19.8. The predicted octanol–water partition coefficient (Wildman–Crippen LogP) is 1.98. The SMILES string of the molecule is O=C1NC(NS(=O)(=O)c2ccccc2)(C(F)(F)F)C(=O)N1Cc1ccccc1. The first-order valence-corrected chi connectivity index (χ1v) is 9.39. The maximum Gasteiger partial charge on any atom is 0.435 e. The van der Waals surface area contributed by atoms with Gasteiger partial charge in [0.05, 0.1) is 11.4 Å². The molecule has 0 spiro atoms. The highest BCUT2D eigenvalue weighted by Gasteiger charge is 2.69. The molecule has 1 unspecified atom stereocenters. The zero-order chi connectivity index (χ0) is 20.6. The Kier molecular flexibility index (Phi) is 4.90. The van der Waals surface area contributed by atoms with E-state index in [2.05, 4.69) is 0 Å². The Hall–Kier alpha value is -2.92. The summed E-state index contributed by atoms with van der Waals surface area (Å²) in [4.78, 5) is 24.6. The third-order valence-corrected chi connectivity index (χ3v) is 5.52. The minimum absolute atomic E-state index is 0.316. The van der Waals surface area contributed by atoms with Crippen LogP contribution < -0.4 is 10.0 Å². The number of halogens is 3. The van der Waals surface area contributed by atoms with Gasteiger partial charge in [0.2, 0.25) is 10.0 Å². The van der Waals surface area contributed by atoms with Crippen LogP contribution in [0.5, 0.6) is 0 Å². The molecule has 0 aliphatic carbocycles. The van der Waals surface area contributed by atoms with Crippen molar-refractivity contribution in [2.75, 3.05) is 0 Å². The molecular weight excluding hydrogens is 399 g/mol. The van der Waals surface area contributed by atoms with Gasteiger partial charge < -0.3 is 5.32 Å². The van der Waals surface area contributed by atoms with Gasteiger partial charge in [-0.1, -0.05) is 48.5 Å². The summed E-state index contributed by atoms with van der Waals surface area (Å²) in [6.07, 6.45) is -5.42. The maximum atomic E-state index is 13.8. The molecule has 7 nitrogen and oxygen atoms in total. The smallest absolute Gasteiger partial charge is 0.303 e. The summed E-state index contributed by atoms with van der Waals surface area (Å²) < 4.78 is 67.6. The molecule has 148 valence electrons. The number of sulfonamides is 1. The highest BCUT2D eigenvalue weighted by Crippen LogP contribution is 2.35. The number of carbonyl (C=O) groups is 2. The Morgan fingerprint density at radius 3 is 2.04 bits per heavy atom. The van der Waals surface area contributed by atoms with Crippen LogP contribution in [0.1, 0.15) is 5.56 Å². The first-order chi connectivity index (χ1) is 13.1. The van der Waals surface area contributed by atoms with Crippen LogP contribution >= 0.6 is 0 Å². The zero-order valence-electron chi connectivity index (χ0n) is 14.1. The lowest BCUT2D eigenvalue weighted by Gasteiger charge is -2.29. The molecule has 0 saturated carbocycles. The number of benzene rings is 2. The molecule has 2 aromatic rings. The Morgan fingerprint density at radius 1 is 0.964 bits per heavy atom. The number of nitrogens with one attached hydrogen (secondary N) is 2. The molecule has 11 heteroatoms. The second-order valence-electron chi connectivity index (χ2n) is 5.97. The molecule has 2 N–H and O–H groups in total. The molecule has 1 heterocycles. The summed E-state index contributed by atoms with van der Waals surface area (Å²) in [5.74, 6) is -1.76. The molecule has 3 rings (SSSR count). The molecule has 0 bridgehead atoms. The van der Waals surface area contributed by atoms with E-state index in [1.807, 2.05) is 0 Å². The van der Waals surface area contributed by atoms with Gasteiger partial charge in [-0.2, -0.15) is 17.9 Å². The van der Waals surface area contributed by atoms with Crippen molar-refractivity contribution >= 4 is 22.0 Å². The van der Waals surface area contributed by atoms with Gasteiger partial charge in [-0.3, -0.25) is 9.69 Å². The molecule has 1 aliphatic heterocycles. The van der Waals surface area contributed by atoms with Crippen LogP contribution in [0.4, 0.5) is 18.0 Å². The van der Waals surface area contributed by atoms with E-state index in [0.29, 0.717) is 10.5 Å². The normalized spacial score (nSPS) is 20.3. The minimum Gasteiger partial charge on any atom is -0.303 e. The number of amides is 3. The van der Waals surface area contributed by atoms with Crippen molar-refractivity contribution in [3.05, 3.63) is 66.2 Å². The number of alkyl halides is 3. The number of urea groups is 1. The van der Waals surface area contributed by atoms with Crippen LogP contribution in [0.2, 0.25) is 0 Å². The van der Waals surface area contributed by atoms with E-state index in [1.54, 1.807) is 18.2 Å². The van der Waals surface area contributed by atoms with Crippen molar-refractivity contribution in [2.45, 2.75) is 23.3 Å². The van der Waals surface area contributed by atoms with Gasteiger partial charge in [-0.25, -0.2) is 13.2 Å². The Balaban J connectivity index is 1.99. The molecule has 2 aromatic carbocycles. The van der Waals surface area contributed by atoms with Crippen LogP contribution in [0.3, 0.4) is 0 Å². The Bertz CT molecular complexity index is 997. The Labute approximate surface area is 158 Å². The van der Waals surface area contributed by atoms with E-state index in [4.69, 9.17) is 0 Å². The summed E-state index contributed by atoms with van der Waals surface area (Å²) in [5.41, 5.74) is -3.40. The summed E-state index contributed by atoms with van der Waals surface area (Å²) >= 11 is 0. The van der Waals surface area contributed by atoms with Crippen molar-refractivity contribution in [1.82, 2.24) is 14.9 Å². The molecule has 28 heavy (non-hydrogen) atoms. The van der Waals surface area contributed by atoms with Gasteiger partial charge in [0.1, 0.15) is 0 Å². The van der Waals surface area contributed by atoms with E-state index >= 15 is 0 Å². The summed E-state index contributed by atoms with van der Waals surface area (Å²) in [7, 11) is -4.77. The summed E-state index contributed by atoms with van der Waals surface area (Å²) in [6.45, 7) is -0.448. The highest BCUT2D eigenvalue weighted by molar-refractivity contribution is 7.89. The third-order valence-electron chi connectivity index (χ3n) is 4.06. The molecule has 1 saturated heterocycles. The number of rotatable bonds is 5. The molecule has 0 radical (unpaired) electrons. The van der Waals surface area contributed by atoms with Gasteiger partial charge in [0.25, 0.3) is 11.6 Å². The fraction of sp³-hybridized carbons (Fsp3) is 0.176. The number of imide groups is 1. The molecule has 1 atom stereocenters. The maximum absolute atomic E-state index is 13.8. The fourth-order valence-electron chi connectivity index (χ4n) is 2.66. The van der Waals surface area contributed by atoms with Crippen molar-refractivity contribution < 1.29 is 31.2 Å². The van der Waals surface area contributed by atoms with Crippen LogP contribution in [0.15, 0.2) is 65.6 Å². The van der Waals surface area contributed by atoms with Crippen molar-refractivity contribution in [3.8, 4) is 0 Å². The summed E-state index contributed by atoms with van der Waals surface area (Å²) in [5, 5.41) is 1.48. The first-order valence-electron chi connectivity index (χ1n) is 7.91. The van der Waals surface area contributed by atoms with E-state index in [0.717, 1.165) is 12.1 Å². The number of hydrogen-bond donors (Lipinski definition) is 2. The van der Waals surface area contributed by atoms with E-state index in [-0.39, 0.29) is 0 Å².